The molecular formula is C25H23NO5. The van der Waals surface area contributed by atoms with Crippen LogP contribution in [0.1, 0.15) is 28.7 Å². The zero-order valence-electron chi connectivity index (χ0n) is 17.4. The Morgan fingerprint density at radius 2 is 1.74 bits per heavy atom. The van der Waals surface area contributed by atoms with Crippen molar-refractivity contribution in [2.75, 3.05) is 13.7 Å². The van der Waals surface area contributed by atoms with Gasteiger partial charge < -0.3 is 19.2 Å². The Kier molecular flexibility index (Phi) is 5.62. The summed E-state index contributed by atoms with van der Waals surface area (Å²) >= 11 is 0. The van der Waals surface area contributed by atoms with Crippen LogP contribution in [-0.4, -0.2) is 35.4 Å². The molecule has 0 spiro atoms. The molecule has 1 atom stereocenters. The van der Waals surface area contributed by atoms with Crippen LogP contribution < -0.4 is 4.74 Å². The highest BCUT2D eigenvalue weighted by Crippen LogP contribution is 2.40. The molecule has 0 radical (unpaired) electrons. The van der Waals surface area contributed by atoms with Crippen LogP contribution in [0.15, 0.2) is 76.7 Å². The first-order valence-electron chi connectivity index (χ1n) is 10.0. The molecule has 1 N–H and O–H groups in total. The number of carbonyl (C=O) groups excluding carboxylic acids is 2. The number of likely N-dealkylation sites (tertiary alicyclic amines) is 1. The summed E-state index contributed by atoms with van der Waals surface area (Å²) in [4.78, 5) is 27.4. The topological polar surface area (TPSA) is 80.0 Å². The number of rotatable bonds is 6. The molecule has 1 aliphatic heterocycles. The third kappa shape index (κ3) is 3.97. The van der Waals surface area contributed by atoms with Crippen LogP contribution in [0.5, 0.6) is 5.75 Å². The number of methoxy groups -OCH3 is 1. The smallest absolute Gasteiger partial charge is 0.295 e. The summed E-state index contributed by atoms with van der Waals surface area (Å²) in [7, 11) is 1.55. The van der Waals surface area contributed by atoms with E-state index >= 15 is 0 Å². The number of Topliss-reactive ketones (excluding diaryl/α,β-unsaturated/α-hetero) is 1. The number of hydrogen-bond acceptors (Lipinski definition) is 5. The highest BCUT2D eigenvalue weighted by Gasteiger charge is 2.47. The SMILES string of the molecule is COc1ccc(/C(O)=C2\C(=O)C(=O)N(CCc3ccccc3)C2c2ccc(C)o2)cc1. The van der Waals surface area contributed by atoms with E-state index in [0.29, 0.717) is 35.8 Å². The summed E-state index contributed by atoms with van der Waals surface area (Å²) in [6.07, 6.45) is 0.576. The number of carbonyl (C=O) groups is 2. The van der Waals surface area contributed by atoms with Gasteiger partial charge in [-0.25, -0.2) is 0 Å². The Labute approximate surface area is 180 Å². The molecule has 1 aromatic heterocycles. The summed E-state index contributed by atoms with van der Waals surface area (Å²) in [6, 6.07) is 19.1. The predicted octanol–water partition coefficient (Wildman–Crippen LogP) is 4.26. The number of amides is 1. The summed E-state index contributed by atoms with van der Waals surface area (Å²) in [6.45, 7) is 2.11. The Bertz CT molecular complexity index is 1130. The minimum absolute atomic E-state index is 0.0255. The lowest BCUT2D eigenvalue weighted by Crippen LogP contribution is -2.31. The van der Waals surface area contributed by atoms with Gasteiger partial charge in [-0.3, -0.25) is 9.59 Å². The van der Waals surface area contributed by atoms with Gasteiger partial charge in [0.25, 0.3) is 11.7 Å². The number of furan rings is 1. The molecule has 0 aliphatic carbocycles. The molecule has 2 heterocycles. The number of aryl methyl sites for hydroxylation is 1. The number of aliphatic hydroxyl groups is 1. The lowest BCUT2D eigenvalue weighted by Gasteiger charge is -2.23. The number of ketones is 1. The van der Waals surface area contributed by atoms with Crippen LogP contribution in [0, 0.1) is 6.92 Å². The molecule has 1 saturated heterocycles. The normalized spacial score (nSPS) is 17.9. The van der Waals surface area contributed by atoms with Crippen LogP contribution in [0.2, 0.25) is 0 Å². The number of hydrogen-bond donors (Lipinski definition) is 1. The fourth-order valence-electron chi connectivity index (χ4n) is 3.81. The van der Waals surface area contributed by atoms with Crippen LogP contribution >= 0.6 is 0 Å². The monoisotopic (exact) mass is 417 g/mol. The fraction of sp³-hybridized carbons (Fsp3) is 0.200. The highest BCUT2D eigenvalue weighted by molar-refractivity contribution is 6.46. The molecule has 6 nitrogen and oxygen atoms in total. The second-order valence-electron chi connectivity index (χ2n) is 7.41. The molecule has 1 unspecified atom stereocenters. The summed E-state index contributed by atoms with van der Waals surface area (Å²) in [5.74, 6) is 0.124. The minimum Gasteiger partial charge on any atom is -0.507 e. The van der Waals surface area contributed by atoms with Gasteiger partial charge in [0.1, 0.15) is 29.1 Å². The first kappa shape index (κ1) is 20.5. The van der Waals surface area contributed by atoms with Crippen molar-refractivity contribution < 1.29 is 23.8 Å². The van der Waals surface area contributed by atoms with Gasteiger partial charge in [0, 0.05) is 12.1 Å². The molecule has 31 heavy (non-hydrogen) atoms. The van der Waals surface area contributed by atoms with Crippen LogP contribution in [0.25, 0.3) is 5.76 Å². The quantitative estimate of drug-likeness (QED) is 0.368. The number of ether oxygens (including phenoxy) is 1. The molecule has 158 valence electrons. The zero-order valence-corrected chi connectivity index (χ0v) is 17.4. The maximum Gasteiger partial charge on any atom is 0.295 e. The maximum absolute atomic E-state index is 13.0. The van der Waals surface area contributed by atoms with Crippen molar-refractivity contribution in [2.45, 2.75) is 19.4 Å². The fourth-order valence-corrected chi connectivity index (χ4v) is 3.81. The van der Waals surface area contributed by atoms with Crippen molar-refractivity contribution in [3.8, 4) is 5.75 Å². The third-order valence-corrected chi connectivity index (χ3v) is 5.42. The molecule has 1 aliphatic rings. The van der Waals surface area contributed by atoms with Gasteiger partial charge in [-0.05, 0) is 55.3 Å². The average Bonchev–Trinajstić information content (AvgIpc) is 3.33. The van der Waals surface area contributed by atoms with E-state index in [0.717, 1.165) is 5.56 Å². The molecule has 6 heteroatoms. The zero-order chi connectivity index (χ0) is 22.0. The Morgan fingerprint density at radius 3 is 2.35 bits per heavy atom. The Morgan fingerprint density at radius 1 is 1.03 bits per heavy atom. The molecule has 1 fully saturated rings. The maximum atomic E-state index is 13.0. The lowest BCUT2D eigenvalue weighted by molar-refractivity contribution is -0.140. The van der Waals surface area contributed by atoms with E-state index in [1.165, 1.54) is 4.90 Å². The van der Waals surface area contributed by atoms with Gasteiger partial charge >= 0.3 is 0 Å². The van der Waals surface area contributed by atoms with E-state index in [-0.39, 0.29) is 11.3 Å². The van der Waals surface area contributed by atoms with Crippen molar-refractivity contribution in [1.82, 2.24) is 4.90 Å². The Balaban J connectivity index is 1.75. The molecule has 0 saturated carbocycles. The molecular weight excluding hydrogens is 394 g/mol. The summed E-state index contributed by atoms with van der Waals surface area (Å²) in [5.41, 5.74) is 1.50. The minimum atomic E-state index is -0.792. The second kappa shape index (κ2) is 8.52. The molecule has 0 bridgehead atoms. The van der Waals surface area contributed by atoms with Crippen molar-refractivity contribution in [1.29, 1.82) is 0 Å². The van der Waals surface area contributed by atoms with E-state index < -0.39 is 17.7 Å². The highest BCUT2D eigenvalue weighted by atomic mass is 16.5. The summed E-state index contributed by atoms with van der Waals surface area (Å²) < 4.78 is 10.9. The van der Waals surface area contributed by atoms with Gasteiger partial charge in [0.2, 0.25) is 0 Å². The largest absolute Gasteiger partial charge is 0.507 e. The van der Waals surface area contributed by atoms with Crippen molar-refractivity contribution in [3.63, 3.8) is 0 Å². The van der Waals surface area contributed by atoms with E-state index in [4.69, 9.17) is 9.15 Å². The van der Waals surface area contributed by atoms with Gasteiger partial charge in [0.15, 0.2) is 0 Å². The van der Waals surface area contributed by atoms with Crippen LogP contribution in [0.3, 0.4) is 0 Å². The lowest BCUT2D eigenvalue weighted by atomic mass is 9.99. The average molecular weight is 417 g/mol. The number of nitrogens with zero attached hydrogens (tertiary/aromatic N) is 1. The van der Waals surface area contributed by atoms with E-state index in [1.54, 1.807) is 50.4 Å². The molecule has 3 aromatic rings. The van der Waals surface area contributed by atoms with Crippen LogP contribution in [0.4, 0.5) is 0 Å². The van der Waals surface area contributed by atoms with Crippen molar-refractivity contribution >= 4 is 17.4 Å². The molecule has 4 rings (SSSR count). The first-order chi connectivity index (χ1) is 15.0. The molecule has 1 amide bonds. The van der Waals surface area contributed by atoms with Gasteiger partial charge in [-0.2, -0.15) is 0 Å². The van der Waals surface area contributed by atoms with Crippen molar-refractivity contribution in [3.05, 3.63) is 95.0 Å². The van der Waals surface area contributed by atoms with Crippen LogP contribution in [-0.2, 0) is 16.0 Å². The van der Waals surface area contributed by atoms with E-state index in [2.05, 4.69) is 0 Å². The van der Waals surface area contributed by atoms with Gasteiger partial charge in [0.05, 0.1) is 12.7 Å². The molecule has 2 aromatic carbocycles. The summed E-state index contributed by atoms with van der Waals surface area (Å²) in [5, 5.41) is 11.0. The van der Waals surface area contributed by atoms with Gasteiger partial charge in [-0.15, -0.1) is 0 Å². The third-order valence-electron chi connectivity index (χ3n) is 5.42. The van der Waals surface area contributed by atoms with E-state index in [1.807, 2.05) is 30.3 Å². The second-order valence-corrected chi connectivity index (χ2v) is 7.41. The number of benzene rings is 2. The Hall–Kier alpha value is -3.80. The van der Waals surface area contributed by atoms with Crippen molar-refractivity contribution in [2.24, 2.45) is 0 Å². The predicted molar refractivity (Wildman–Crippen MR) is 116 cm³/mol. The van der Waals surface area contributed by atoms with Gasteiger partial charge in [-0.1, -0.05) is 30.3 Å². The number of aliphatic hydroxyl groups excluding tert-OH is 1. The van der Waals surface area contributed by atoms with E-state index in [9.17, 15) is 14.7 Å². The first-order valence-corrected chi connectivity index (χ1v) is 10.0. The standard InChI is InChI=1S/C25H23NO5/c1-16-8-13-20(31-16)22-21(23(27)18-9-11-19(30-2)12-10-18)24(28)25(29)26(22)15-14-17-6-4-3-5-7-17/h3-13,22,27H,14-15H2,1-2H3/b23-21+.